The predicted octanol–water partition coefficient (Wildman–Crippen LogP) is 4.63. The summed E-state index contributed by atoms with van der Waals surface area (Å²) in [5.74, 6) is -0.982. The van der Waals surface area contributed by atoms with Crippen LogP contribution in [0, 0.1) is 6.92 Å². The smallest absolute Gasteiger partial charge is 0.333 e. The number of carboxylic acid groups (broad SMARTS) is 1. The Hall–Kier alpha value is -3.54. The van der Waals surface area contributed by atoms with Gasteiger partial charge in [0, 0.05) is 0 Å². The summed E-state index contributed by atoms with van der Waals surface area (Å²) in [6.45, 7) is 6.56. The highest BCUT2D eigenvalue weighted by Gasteiger charge is 2.36. The molecule has 41 heavy (non-hydrogen) atoms. The van der Waals surface area contributed by atoms with Crippen LogP contribution in [0.1, 0.15) is 69.2 Å². The third-order valence-electron chi connectivity index (χ3n) is 8.05. The number of oxazole rings is 1. The minimum atomic E-state index is -1.81. The van der Waals surface area contributed by atoms with E-state index in [4.69, 9.17) is 9.15 Å². The molecule has 218 valence electrons. The van der Waals surface area contributed by atoms with Gasteiger partial charge >= 0.3 is 11.7 Å². The molecule has 10 nitrogen and oxygen atoms in total. The lowest BCUT2D eigenvalue weighted by molar-refractivity contribution is -0.146. The number of fused-ring (bicyclic) bond motifs is 1. The van der Waals surface area contributed by atoms with E-state index in [1.54, 1.807) is 6.92 Å². The second-order valence-electron chi connectivity index (χ2n) is 11.1. The SMILES string of the molecule is CCc1ccccc1[C@H](Cn1c(=O)n(C(C)(C)C(=O)O)c(=O)c2c(C)c(-c3ncco3)sc21)O[C@H]1CC[C@@H](O)CC1. The molecule has 3 heterocycles. The number of hydrogen-bond acceptors (Lipinski definition) is 8. The number of hydrogen-bond donors (Lipinski definition) is 2. The van der Waals surface area contributed by atoms with Gasteiger partial charge in [0.25, 0.3) is 5.56 Å². The standard InChI is InChI=1S/C30H35N3O7S/c1-5-18-8-6-7-9-21(18)22(40-20-12-10-19(34)11-13-20)16-32-27-23(17(2)24(41-27)25-31-14-15-39-25)26(35)33(29(32)38)30(3,4)28(36)37/h6-9,14-15,19-20,22,34H,5,10-13,16H2,1-4H3,(H,36,37)/t19-,20+,22-/m0/s1. The van der Waals surface area contributed by atoms with Crippen LogP contribution in [0.3, 0.4) is 0 Å². The summed E-state index contributed by atoms with van der Waals surface area (Å²) >= 11 is 1.22. The van der Waals surface area contributed by atoms with Crippen molar-refractivity contribution >= 4 is 27.5 Å². The van der Waals surface area contributed by atoms with E-state index in [9.17, 15) is 24.6 Å². The number of aliphatic carboxylic acids is 1. The van der Waals surface area contributed by atoms with Crippen LogP contribution in [0.4, 0.5) is 0 Å². The van der Waals surface area contributed by atoms with Crippen LogP contribution < -0.4 is 11.2 Å². The molecule has 5 rings (SSSR count). The zero-order valence-corrected chi connectivity index (χ0v) is 24.4. The molecular weight excluding hydrogens is 546 g/mol. The zero-order valence-electron chi connectivity index (χ0n) is 23.6. The minimum absolute atomic E-state index is 0.0619. The van der Waals surface area contributed by atoms with Crippen LogP contribution >= 0.6 is 11.3 Å². The summed E-state index contributed by atoms with van der Waals surface area (Å²) in [7, 11) is 0. The Morgan fingerprint density at radius 1 is 1.22 bits per heavy atom. The van der Waals surface area contributed by atoms with E-state index in [2.05, 4.69) is 11.9 Å². The van der Waals surface area contributed by atoms with E-state index in [0.717, 1.165) is 22.1 Å². The number of ether oxygens (including phenoxy) is 1. The Morgan fingerprint density at radius 3 is 2.56 bits per heavy atom. The molecule has 2 N–H and O–H groups in total. The van der Waals surface area contributed by atoms with Gasteiger partial charge in [0.15, 0.2) is 0 Å². The number of aromatic nitrogens is 3. The van der Waals surface area contributed by atoms with Crippen LogP contribution in [-0.4, -0.2) is 42.5 Å². The monoisotopic (exact) mass is 581 g/mol. The quantitative estimate of drug-likeness (QED) is 0.292. The van der Waals surface area contributed by atoms with Gasteiger partial charge < -0.3 is 19.4 Å². The van der Waals surface area contributed by atoms with Crippen molar-refractivity contribution in [3.8, 4) is 10.8 Å². The lowest BCUT2D eigenvalue weighted by Gasteiger charge is -2.31. The van der Waals surface area contributed by atoms with Crippen molar-refractivity contribution in [3.05, 3.63) is 74.3 Å². The van der Waals surface area contributed by atoms with Crippen molar-refractivity contribution in [2.45, 2.75) is 90.2 Å². The highest BCUT2D eigenvalue weighted by atomic mass is 32.1. The fraction of sp³-hybridized carbons (Fsp3) is 0.467. The largest absolute Gasteiger partial charge is 0.480 e. The second kappa shape index (κ2) is 11.4. The second-order valence-corrected chi connectivity index (χ2v) is 12.1. The number of thiophene rings is 1. The van der Waals surface area contributed by atoms with Gasteiger partial charge in [-0.2, -0.15) is 0 Å². The zero-order chi connectivity index (χ0) is 29.5. The predicted molar refractivity (Wildman–Crippen MR) is 155 cm³/mol. The van der Waals surface area contributed by atoms with E-state index in [0.29, 0.717) is 46.8 Å². The Morgan fingerprint density at radius 2 is 1.93 bits per heavy atom. The van der Waals surface area contributed by atoms with Crippen LogP contribution in [0.25, 0.3) is 21.0 Å². The molecule has 0 aliphatic heterocycles. The van der Waals surface area contributed by atoms with Crippen molar-refractivity contribution in [2.24, 2.45) is 0 Å². The molecule has 0 saturated heterocycles. The first kappa shape index (κ1) is 29.0. The maximum atomic E-state index is 14.2. The van der Waals surface area contributed by atoms with Gasteiger partial charge in [-0.1, -0.05) is 31.2 Å². The number of aryl methyl sites for hydroxylation is 2. The van der Waals surface area contributed by atoms with E-state index >= 15 is 0 Å². The molecule has 1 atom stereocenters. The molecule has 1 aromatic carbocycles. The number of aliphatic hydroxyl groups is 1. The van der Waals surface area contributed by atoms with E-state index in [-0.39, 0.29) is 24.1 Å². The lowest BCUT2D eigenvalue weighted by atomic mass is 9.94. The molecule has 1 saturated carbocycles. The van der Waals surface area contributed by atoms with Gasteiger partial charge in [-0.15, -0.1) is 11.3 Å². The summed E-state index contributed by atoms with van der Waals surface area (Å²) in [5.41, 5.74) is -0.644. The number of rotatable bonds is 9. The molecule has 0 bridgehead atoms. The van der Waals surface area contributed by atoms with Gasteiger partial charge in [0.2, 0.25) is 5.89 Å². The first-order chi connectivity index (χ1) is 19.5. The summed E-state index contributed by atoms with van der Waals surface area (Å²) in [6.07, 6.45) is 5.33. The number of aliphatic hydroxyl groups excluding tert-OH is 1. The third kappa shape index (κ3) is 5.29. The summed E-state index contributed by atoms with van der Waals surface area (Å²) < 4.78 is 14.5. The number of carbonyl (C=O) groups is 1. The van der Waals surface area contributed by atoms with Crippen molar-refractivity contribution in [2.75, 3.05) is 0 Å². The molecule has 1 aliphatic rings. The van der Waals surface area contributed by atoms with Gasteiger partial charge in [-0.25, -0.2) is 19.1 Å². The molecule has 4 aromatic rings. The summed E-state index contributed by atoms with van der Waals surface area (Å²) in [5, 5.41) is 20.3. The van der Waals surface area contributed by atoms with Crippen molar-refractivity contribution < 1.29 is 24.2 Å². The molecule has 0 radical (unpaired) electrons. The van der Waals surface area contributed by atoms with Crippen LogP contribution in [0.15, 0.2) is 50.7 Å². The lowest BCUT2D eigenvalue weighted by Crippen LogP contribution is -2.52. The molecule has 0 amide bonds. The van der Waals surface area contributed by atoms with Crippen molar-refractivity contribution in [1.82, 2.24) is 14.1 Å². The molecule has 0 unspecified atom stereocenters. The minimum Gasteiger partial charge on any atom is -0.480 e. The maximum Gasteiger partial charge on any atom is 0.333 e. The first-order valence-corrected chi connectivity index (χ1v) is 14.7. The van der Waals surface area contributed by atoms with Gasteiger partial charge in [-0.3, -0.25) is 9.36 Å². The van der Waals surface area contributed by atoms with Crippen LogP contribution in [0.2, 0.25) is 0 Å². The molecule has 1 aliphatic carbocycles. The molecule has 0 spiro atoms. The van der Waals surface area contributed by atoms with Crippen molar-refractivity contribution in [1.29, 1.82) is 0 Å². The van der Waals surface area contributed by atoms with Crippen molar-refractivity contribution in [3.63, 3.8) is 0 Å². The number of benzene rings is 1. The van der Waals surface area contributed by atoms with Gasteiger partial charge in [0.05, 0.1) is 35.2 Å². The third-order valence-corrected chi connectivity index (χ3v) is 9.36. The fourth-order valence-electron chi connectivity index (χ4n) is 5.60. The van der Waals surface area contributed by atoms with Gasteiger partial charge in [0.1, 0.15) is 22.7 Å². The fourth-order valence-corrected chi connectivity index (χ4v) is 6.84. The summed E-state index contributed by atoms with van der Waals surface area (Å²) in [6, 6.07) is 7.90. The number of nitrogens with zero attached hydrogens (tertiary/aromatic N) is 3. The van der Waals surface area contributed by atoms with Crippen LogP contribution in [-0.2, 0) is 28.0 Å². The Labute approximate surface area is 240 Å². The van der Waals surface area contributed by atoms with E-state index in [1.807, 2.05) is 24.3 Å². The van der Waals surface area contributed by atoms with E-state index in [1.165, 1.54) is 42.2 Å². The molecular formula is C30H35N3O7S. The van der Waals surface area contributed by atoms with Crippen LogP contribution in [0.5, 0.6) is 0 Å². The Kier molecular flexibility index (Phi) is 8.04. The average Bonchev–Trinajstić information content (AvgIpc) is 3.59. The molecule has 1 fully saturated rings. The normalized spacial score (nSPS) is 18.6. The Bertz CT molecular complexity index is 1670. The summed E-state index contributed by atoms with van der Waals surface area (Å²) in [4.78, 5) is 45.5. The Balaban J connectivity index is 1.74. The topological polar surface area (TPSA) is 137 Å². The van der Waals surface area contributed by atoms with E-state index < -0.39 is 28.9 Å². The average molecular weight is 582 g/mol. The highest BCUT2D eigenvalue weighted by Crippen LogP contribution is 2.37. The molecule has 3 aromatic heterocycles. The highest BCUT2D eigenvalue weighted by molar-refractivity contribution is 7.22. The molecule has 11 heteroatoms. The first-order valence-electron chi connectivity index (χ1n) is 13.9. The number of carboxylic acids is 1. The maximum absolute atomic E-state index is 14.2. The van der Waals surface area contributed by atoms with Gasteiger partial charge in [-0.05, 0) is 69.6 Å².